The van der Waals surface area contributed by atoms with Crippen LogP contribution in [0.15, 0.2) is 5.16 Å². The number of hydrogen-bond donors (Lipinski definition) is 1. The summed E-state index contributed by atoms with van der Waals surface area (Å²) in [4.78, 5) is 13.0. The highest BCUT2D eigenvalue weighted by atomic mass is 32.2. The molecule has 1 aliphatic carbocycles. The zero-order valence-electron chi connectivity index (χ0n) is 11.7. The number of thioether (sulfide) groups is 1. The van der Waals surface area contributed by atoms with Crippen molar-refractivity contribution in [1.82, 2.24) is 15.0 Å². The fourth-order valence-electron chi connectivity index (χ4n) is 2.09. The summed E-state index contributed by atoms with van der Waals surface area (Å²) in [5, 5.41) is 4.38. The van der Waals surface area contributed by atoms with Gasteiger partial charge in [0, 0.05) is 12.3 Å². The van der Waals surface area contributed by atoms with Gasteiger partial charge in [-0.05, 0) is 19.3 Å². The van der Waals surface area contributed by atoms with Crippen molar-refractivity contribution >= 4 is 17.7 Å². The summed E-state index contributed by atoms with van der Waals surface area (Å²) >= 11 is 1.76. The van der Waals surface area contributed by atoms with Crippen LogP contribution in [0.2, 0.25) is 0 Å². The summed E-state index contributed by atoms with van der Waals surface area (Å²) in [5.41, 5.74) is 0. The maximum Gasteiger partial charge on any atom is 0.322 e. The maximum atomic E-state index is 5.51. The van der Waals surface area contributed by atoms with Crippen LogP contribution in [0.3, 0.4) is 0 Å². The lowest BCUT2D eigenvalue weighted by atomic mass is 10.0. The van der Waals surface area contributed by atoms with Gasteiger partial charge in [-0.2, -0.15) is 15.0 Å². The van der Waals surface area contributed by atoms with Crippen LogP contribution in [-0.4, -0.2) is 33.9 Å². The van der Waals surface area contributed by atoms with E-state index in [0.717, 1.165) is 11.6 Å². The van der Waals surface area contributed by atoms with E-state index < -0.39 is 0 Å². The second-order valence-corrected chi connectivity index (χ2v) is 5.97. The minimum Gasteiger partial charge on any atom is -0.463 e. The average molecular weight is 282 g/mol. The second kappa shape index (κ2) is 7.53. The second-order valence-electron chi connectivity index (χ2n) is 4.70. The van der Waals surface area contributed by atoms with Crippen LogP contribution < -0.4 is 10.1 Å². The van der Waals surface area contributed by atoms with Crippen molar-refractivity contribution in [2.75, 3.05) is 19.0 Å². The van der Waals surface area contributed by atoms with Gasteiger partial charge in [0.2, 0.25) is 5.95 Å². The SMILES string of the molecule is CCCOc1nc(NC)nc(SC2CCCCC2)n1. The summed E-state index contributed by atoms with van der Waals surface area (Å²) in [6.07, 6.45) is 7.47. The van der Waals surface area contributed by atoms with E-state index in [9.17, 15) is 0 Å². The minimum atomic E-state index is 0.430. The number of hydrogen-bond acceptors (Lipinski definition) is 6. The zero-order valence-corrected chi connectivity index (χ0v) is 12.5. The van der Waals surface area contributed by atoms with Gasteiger partial charge in [0.25, 0.3) is 0 Å². The molecule has 1 aliphatic rings. The minimum absolute atomic E-state index is 0.430. The fraction of sp³-hybridized carbons (Fsp3) is 0.769. The molecular formula is C13H22N4OS. The molecule has 0 saturated heterocycles. The van der Waals surface area contributed by atoms with Crippen LogP contribution in [0.1, 0.15) is 45.4 Å². The molecule has 1 fully saturated rings. The van der Waals surface area contributed by atoms with Crippen molar-refractivity contribution in [3.63, 3.8) is 0 Å². The highest BCUT2D eigenvalue weighted by molar-refractivity contribution is 7.99. The Morgan fingerprint density at radius 2 is 2.00 bits per heavy atom. The number of anilines is 1. The lowest BCUT2D eigenvalue weighted by molar-refractivity contribution is 0.288. The average Bonchev–Trinajstić information content (AvgIpc) is 2.46. The van der Waals surface area contributed by atoms with Crippen LogP contribution >= 0.6 is 11.8 Å². The van der Waals surface area contributed by atoms with Crippen LogP contribution in [-0.2, 0) is 0 Å². The number of rotatable bonds is 6. The third-order valence-corrected chi connectivity index (χ3v) is 4.28. The van der Waals surface area contributed by atoms with Gasteiger partial charge in [-0.3, -0.25) is 0 Å². The highest BCUT2D eigenvalue weighted by Crippen LogP contribution is 2.32. The summed E-state index contributed by atoms with van der Waals surface area (Å²) < 4.78 is 5.51. The van der Waals surface area contributed by atoms with Crippen molar-refractivity contribution in [2.24, 2.45) is 0 Å². The van der Waals surface area contributed by atoms with Crippen LogP contribution in [0.4, 0.5) is 5.95 Å². The third-order valence-electron chi connectivity index (χ3n) is 3.08. The van der Waals surface area contributed by atoms with Gasteiger partial charge < -0.3 is 10.1 Å². The molecule has 5 nitrogen and oxygen atoms in total. The van der Waals surface area contributed by atoms with Gasteiger partial charge in [-0.1, -0.05) is 37.9 Å². The smallest absolute Gasteiger partial charge is 0.322 e. The summed E-state index contributed by atoms with van der Waals surface area (Å²) in [6, 6.07) is 0.430. The highest BCUT2D eigenvalue weighted by Gasteiger charge is 2.17. The Morgan fingerprint density at radius 1 is 1.21 bits per heavy atom. The molecule has 0 amide bonds. The van der Waals surface area contributed by atoms with Gasteiger partial charge in [0.1, 0.15) is 0 Å². The normalized spacial score (nSPS) is 16.3. The molecule has 0 spiro atoms. The van der Waals surface area contributed by atoms with Crippen molar-refractivity contribution < 1.29 is 4.74 Å². The topological polar surface area (TPSA) is 59.9 Å². The molecule has 0 radical (unpaired) electrons. The van der Waals surface area contributed by atoms with E-state index in [1.807, 2.05) is 7.05 Å². The number of ether oxygens (including phenoxy) is 1. The van der Waals surface area contributed by atoms with Crippen molar-refractivity contribution in [3.8, 4) is 6.01 Å². The lowest BCUT2D eigenvalue weighted by Gasteiger charge is -2.20. The van der Waals surface area contributed by atoms with E-state index in [1.165, 1.54) is 32.1 Å². The molecule has 1 saturated carbocycles. The van der Waals surface area contributed by atoms with E-state index in [0.29, 0.717) is 23.8 Å². The summed E-state index contributed by atoms with van der Waals surface area (Å²) in [5.74, 6) is 0.583. The van der Waals surface area contributed by atoms with E-state index in [2.05, 4.69) is 27.2 Å². The first kappa shape index (κ1) is 14.4. The first-order chi connectivity index (χ1) is 9.31. The standard InChI is InChI=1S/C13H22N4OS/c1-3-9-18-12-15-11(14-2)16-13(17-12)19-10-7-5-4-6-8-10/h10H,3-9H2,1-2H3,(H,14,15,16,17). The largest absolute Gasteiger partial charge is 0.463 e. The van der Waals surface area contributed by atoms with Gasteiger partial charge in [-0.25, -0.2) is 0 Å². The molecule has 2 rings (SSSR count). The van der Waals surface area contributed by atoms with E-state index in [-0.39, 0.29) is 0 Å². The Bertz CT molecular complexity index is 396. The van der Waals surface area contributed by atoms with E-state index in [1.54, 1.807) is 11.8 Å². The Hall–Kier alpha value is -1.04. The molecule has 1 heterocycles. The molecule has 0 aliphatic heterocycles. The lowest BCUT2D eigenvalue weighted by Crippen LogP contribution is -2.10. The van der Waals surface area contributed by atoms with Crippen molar-refractivity contribution in [1.29, 1.82) is 0 Å². The number of nitrogens with zero attached hydrogens (tertiary/aromatic N) is 3. The summed E-state index contributed by atoms with van der Waals surface area (Å²) in [7, 11) is 1.81. The Morgan fingerprint density at radius 3 is 2.68 bits per heavy atom. The maximum absolute atomic E-state index is 5.51. The summed E-state index contributed by atoms with van der Waals surface area (Å²) in [6.45, 7) is 2.71. The molecule has 1 N–H and O–H groups in total. The van der Waals surface area contributed by atoms with Crippen molar-refractivity contribution in [2.45, 2.75) is 55.9 Å². The van der Waals surface area contributed by atoms with Gasteiger partial charge >= 0.3 is 6.01 Å². The molecule has 6 heteroatoms. The van der Waals surface area contributed by atoms with Crippen LogP contribution in [0, 0.1) is 0 Å². The van der Waals surface area contributed by atoms with Crippen molar-refractivity contribution in [3.05, 3.63) is 0 Å². The van der Waals surface area contributed by atoms with Crippen LogP contribution in [0.5, 0.6) is 6.01 Å². The molecule has 0 aromatic carbocycles. The monoisotopic (exact) mass is 282 g/mol. The number of nitrogens with one attached hydrogen (secondary N) is 1. The molecule has 1 aromatic heterocycles. The first-order valence-electron chi connectivity index (χ1n) is 7.05. The molecule has 19 heavy (non-hydrogen) atoms. The first-order valence-corrected chi connectivity index (χ1v) is 7.93. The zero-order chi connectivity index (χ0) is 13.5. The predicted molar refractivity (Wildman–Crippen MR) is 77.9 cm³/mol. The molecule has 0 unspecified atom stereocenters. The molecular weight excluding hydrogens is 260 g/mol. The Balaban J connectivity index is 2.04. The van der Waals surface area contributed by atoms with Gasteiger partial charge in [0.15, 0.2) is 5.16 Å². The molecule has 1 aromatic rings. The predicted octanol–water partition coefficient (Wildman–Crippen LogP) is 3.13. The van der Waals surface area contributed by atoms with Gasteiger partial charge in [-0.15, -0.1) is 0 Å². The van der Waals surface area contributed by atoms with Crippen LogP contribution in [0.25, 0.3) is 0 Å². The molecule has 0 atom stereocenters. The fourth-order valence-corrected chi connectivity index (χ4v) is 3.23. The molecule has 0 bridgehead atoms. The van der Waals surface area contributed by atoms with Gasteiger partial charge in [0.05, 0.1) is 6.61 Å². The van der Waals surface area contributed by atoms with E-state index in [4.69, 9.17) is 4.74 Å². The number of aromatic nitrogens is 3. The van der Waals surface area contributed by atoms with E-state index >= 15 is 0 Å². The quantitative estimate of drug-likeness (QED) is 0.865. The third kappa shape index (κ3) is 4.53. The Kier molecular flexibility index (Phi) is 5.69. The Labute approximate surface area is 119 Å². The molecule has 106 valence electrons.